The number of allylic oxidation sites excluding steroid dienone is 2. The largest absolute Gasteiger partial charge is 0.182 e. The Morgan fingerprint density at radius 3 is 2.56 bits per heavy atom. The summed E-state index contributed by atoms with van der Waals surface area (Å²) in [6.45, 7) is 1.92. The van der Waals surface area contributed by atoms with E-state index in [0.717, 1.165) is 16.0 Å². The number of rotatable bonds is 2. The summed E-state index contributed by atoms with van der Waals surface area (Å²) in [5, 5.41) is 1.58. The van der Waals surface area contributed by atoms with Crippen LogP contribution >= 0.6 is 10.8 Å². The minimum atomic E-state index is -4.41. The minimum absolute atomic E-state index is 0.717. The maximum atomic E-state index is 10.6. The zero-order valence-corrected chi connectivity index (χ0v) is 9.96. The van der Waals surface area contributed by atoms with E-state index >= 15 is 0 Å². The molecule has 1 unspecified atom stereocenters. The lowest BCUT2D eigenvalue weighted by Gasteiger charge is -2.17. The summed E-state index contributed by atoms with van der Waals surface area (Å²) in [5.41, 5.74) is 1.93. The topological polar surface area (TPSA) is 78.4 Å². The highest BCUT2D eigenvalue weighted by Gasteiger charge is 2.26. The van der Waals surface area contributed by atoms with Crippen LogP contribution in [-0.2, 0) is 3.74 Å². The zero-order valence-electron chi connectivity index (χ0n) is 8.38. The number of benzene rings is 1. The van der Waals surface area contributed by atoms with E-state index < -0.39 is 21.0 Å². The lowest BCUT2D eigenvalue weighted by Crippen LogP contribution is -2.60. The van der Waals surface area contributed by atoms with Crippen molar-refractivity contribution >= 4 is 21.7 Å². The molecule has 0 aliphatic carbocycles. The van der Waals surface area contributed by atoms with Crippen LogP contribution < -0.4 is 14.0 Å². The molecule has 0 radical (unpaired) electrons. The maximum Gasteiger partial charge on any atom is 0.141 e. The van der Waals surface area contributed by atoms with Crippen molar-refractivity contribution in [2.24, 2.45) is 0 Å². The van der Waals surface area contributed by atoms with E-state index in [1.54, 1.807) is 23.6 Å². The Morgan fingerprint density at radius 2 is 1.88 bits per heavy atom. The first-order chi connectivity index (χ1) is 7.47. The van der Waals surface area contributed by atoms with E-state index in [-0.39, 0.29) is 0 Å². The summed E-state index contributed by atoms with van der Waals surface area (Å²) >= 11 is 0. The predicted molar refractivity (Wildman–Crippen MR) is 53.1 cm³/mol. The number of hydrogen-bond donors (Lipinski definition) is 0. The Hall–Kier alpha value is -0.690. The fraction of sp³-hybridized carbons (Fsp3) is 0.100. The molecule has 0 bridgehead atoms. The van der Waals surface area contributed by atoms with E-state index in [2.05, 4.69) is 3.74 Å². The summed E-state index contributed by atoms with van der Waals surface area (Å²) in [4.78, 5) is 0.717. The van der Waals surface area contributed by atoms with Gasteiger partial charge in [0.05, 0.1) is 15.1 Å². The van der Waals surface area contributed by atoms with E-state index in [9.17, 15) is 14.0 Å². The normalized spacial score (nSPS) is 19.8. The molecule has 1 atom stereocenters. The molecule has 1 aromatic carbocycles. The average molecular weight is 261 g/mol. The van der Waals surface area contributed by atoms with Crippen LogP contribution in [0.25, 0.3) is 5.57 Å². The van der Waals surface area contributed by atoms with Crippen molar-refractivity contribution < 1.29 is 28.0 Å². The molecular formula is C10H9ClO4S. The van der Waals surface area contributed by atoms with Crippen molar-refractivity contribution in [3.8, 4) is 0 Å². The second-order valence-electron chi connectivity index (χ2n) is 3.22. The van der Waals surface area contributed by atoms with Crippen LogP contribution in [0.1, 0.15) is 12.5 Å². The Labute approximate surface area is 97.7 Å². The van der Waals surface area contributed by atoms with Gasteiger partial charge in [-0.15, -0.1) is 0 Å². The summed E-state index contributed by atoms with van der Waals surface area (Å²) in [6, 6.07) is 7.26. The van der Waals surface area contributed by atoms with E-state index in [4.69, 9.17) is 0 Å². The molecule has 0 spiro atoms. The fourth-order valence-electron chi connectivity index (χ4n) is 1.43. The summed E-state index contributed by atoms with van der Waals surface area (Å²) in [6.07, 6.45) is 1.76. The molecule has 1 aromatic rings. The monoisotopic (exact) mass is 260 g/mol. The summed E-state index contributed by atoms with van der Waals surface area (Å²) < 4.78 is 36.1. The van der Waals surface area contributed by atoms with Crippen LogP contribution in [0.2, 0.25) is 0 Å². The van der Waals surface area contributed by atoms with E-state index in [1.165, 1.54) is 0 Å². The fourth-order valence-corrected chi connectivity index (χ4v) is 3.67. The Balaban J connectivity index is 2.43. The third kappa shape index (κ3) is 2.52. The quantitative estimate of drug-likeness (QED) is 0.663. The Morgan fingerprint density at radius 1 is 1.19 bits per heavy atom. The lowest BCUT2D eigenvalue weighted by atomic mass is 10.1. The van der Waals surface area contributed by atoms with Crippen LogP contribution in [0.4, 0.5) is 0 Å². The van der Waals surface area contributed by atoms with Gasteiger partial charge < -0.3 is 0 Å². The lowest BCUT2D eigenvalue weighted by molar-refractivity contribution is -1.91. The molecule has 0 saturated heterocycles. The van der Waals surface area contributed by atoms with Gasteiger partial charge in [0.15, 0.2) is 0 Å². The first kappa shape index (κ1) is 11.8. The second kappa shape index (κ2) is 4.29. The highest BCUT2D eigenvalue weighted by molar-refractivity contribution is 8.11. The van der Waals surface area contributed by atoms with Gasteiger partial charge in [-0.3, -0.25) is 0 Å². The van der Waals surface area contributed by atoms with E-state index in [1.807, 2.05) is 19.1 Å². The molecule has 1 heterocycles. The average Bonchev–Trinajstić information content (AvgIpc) is 2.21. The zero-order chi connectivity index (χ0) is 11.8. The molecule has 0 saturated carbocycles. The van der Waals surface area contributed by atoms with Gasteiger partial charge in [-0.2, -0.15) is 14.0 Å². The van der Waals surface area contributed by atoms with Crippen LogP contribution in [0.15, 0.2) is 35.2 Å². The van der Waals surface area contributed by atoms with Gasteiger partial charge in [0.2, 0.25) is 0 Å². The van der Waals surface area contributed by atoms with Gasteiger partial charge >= 0.3 is 0 Å². The highest BCUT2D eigenvalue weighted by Crippen LogP contribution is 2.38. The van der Waals surface area contributed by atoms with Gasteiger partial charge in [-0.1, -0.05) is 24.3 Å². The molecule has 6 heteroatoms. The van der Waals surface area contributed by atoms with Crippen molar-refractivity contribution in [2.45, 2.75) is 11.8 Å². The third-order valence-electron chi connectivity index (χ3n) is 2.12. The molecular weight excluding hydrogens is 252 g/mol. The molecule has 0 aromatic heterocycles. The predicted octanol–water partition coefficient (Wildman–Crippen LogP) is -0.638. The van der Waals surface area contributed by atoms with Gasteiger partial charge in [-0.25, -0.2) is 0 Å². The Kier molecular flexibility index (Phi) is 3.16. The molecule has 0 amide bonds. The number of halogens is 1. The first-order valence-corrected chi connectivity index (χ1v) is 6.87. The van der Waals surface area contributed by atoms with Crippen molar-refractivity contribution in [3.05, 3.63) is 35.9 Å². The molecule has 0 N–H and O–H groups in total. The van der Waals surface area contributed by atoms with Gasteiger partial charge in [-0.05, 0) is 24.1 Å². The van der Waals surface area contributed by atoms with Crippen LogP contribution in [-0.4, -0.2) is 5.37 Å². The van der Waals surface area contributed by atoms with Crippen LogP contribution in [0, 0.1) is 10.2 Å². The van der Waals surface area contributed by atoms with Crippen molar-refractivity contribution in [2.75, 3.05) is 0 Å². The van der Waals surface area contributed by atoms with Crippen molar-refractivity contribution in [1.29, 1.82) is 0 Å². The maximum absolute atomic E-state index is 10.6. The Bertz CT molecular complexity index is 476. The SMILES string of the molecule is CC1=CC=S(O[Cl+3]([O-])([O-])[O-])c2ccccc21. The molecule has 1 aliphatic heterocycles. The smallest absolute Gasteiger partial charge is 0.141 e. The van der Waals surface area contributed by atoms with Crippen molar-refractivity contribution in [3.63, 3.8) is 0 Å². The highest BCUT2D eigenvalue weighted by atomic mass is 35.7. The molecule has 86 valence electrons. The van der Waals surface area contributed by atoms with Gasteiger partial charge in [0.1, 0.15) is 14.5 Å². The molecule has 2 rings (SSSR count). The van der Waals surface area contributed by atoms with Gasteiger partial charge in [0.25, 0.3) is 0 Å². The summed E-state index contributed by atoms with van der Waals surface area (Å²) in [7, 11) is -5.53. The van der Waals surface area contributed by atoms with E-state index in [0.29, 0.717) is 0 Å². The van der Waals surface area contributed by atoms with Gasteiger partial charge in [0, 0.05) is 5.37 Å². The molecule has 16 heavy (non-hydrogen) atoms. The third-order valence-corrected chi connectivity index (χ3v) is 4.45. The number of fused-ring (bicyclic) bond motifs is 1. The molecule has 0 fully saturated rings. The number of hydrogen-bond acceptors (Lipinski definition) is 4. The van der Waals surface area contributed by atoms with Crippen molar-refractivity contribution in [1.82, 2.24) is 0 Å². The molecule has 4 nitrogen and oxygen atoms in total. The molecule has 1 aliphatic rings. The van der Waals surface area contributed by atoms with Crippen LogP contribution in [0.3, 0.4) is 0 Å². The van der Waals surface area contributed by atoms with Crippen LogP contribution in [0.5, 0.6) is 0 Å². The second-order valence-corrected chi connectivity index (χ2v) is 5.79. The minimum Gasteiger partial charge on any atom is -0.182 e. The standard InChI is InChI=1S/C10H9ClO4S/c1-8-6-7-16(15-11(12,13)14)10-5-3-2-4-9(8)10/h2-7H,1H3. The summed E-state index contributed by atoms with van der Waals surface area (Å²) in [5.74, 6) is 0. The first-order valence-electron chi connectivity index (χ1n) is 4.42.